The summed E-state index contributed by atoms with van der Waals surface area (Å²) in [5.74, 6) is 1.83. The normalized spacial score (nSPS) is 15.4. The molecule has 0 spiro atoms. The van der Waals surface area contributed by atoms with Crippen LogP contribution < -0.4 is 14.8 Å². The van der Waals surface area contributed by atoms with Crippen molar-refractivity contribution in [1.29, 1.82) is 5.26 Å². The number of pyridine rings is 1. The summed E-state index contributed by atoms with van der Waals surface area (Å²) in [6.45, 7) is 0.214. The molecule has 0 radical (unpaired) electrons. The number of hydrogen-bond acceptors (Lipinski definition) is 5. The van der Waals surface area contributed by atoms with Crippen LogP contribution >= 0.6 is 0 Å². The number of amides is 1. The van der Waals surface area contributed by atoms with Crippen molar-refractivity contribution >= 4 is 11.7 Å². The Morgan fingerprint density at radius 1 is 1.03 bits per heavy atom. The molecule has 1 amide bonds. The van der Waals surface area contributed by atoms with Crippen molar-refractivity contribution in [3.05, 3.63) is 71.9 Å². The molecule has 0 atom stereocenters. The van der Waals surface area contributed by atoms with E-state index in [0.717, 1.165) is 29.5 Å². The molecule has 5 rings (SSSR count). The van der Waals surface area contributed by atoms with Gasteiger partial charge in [-0.2, -0.15) is 5.26 Å². The number of fused-ring (bicyclic) bond motifs is 1. The maximum absolute atomic E-state index is 13.0. The Morgan fingerprint density at radius 2 is 1.90 bits per heavy atom. The quantitative estimate of drug-likeness (QED) is 0.736. The monoisotopic (exact) mass is 383 g/mol. The van der Waals surface area contributed by atoms with Crippen LogP contribution in [0.3, 0.4) is 0 Å². The number of rotatable bonds is 4. The number of hydrogen-bond donors (Lipinski definition) is 1. The van der Waals surface area contributed by atoms with Gasteiger partial charge in [0.15, 0.2) is 11.5 Å². The molecule has 2 heterocycles. The van der Waals surface area contributed by atoms with E-state index >= 15 is 0 Å². The highest BCUT2D eigenvalue weighted by Crippen LogP contribution is 2.51. The van der Waals surface area contributed by atoms with E-state index in [9.17, 15) is 4.79 Å². The SMILES string of the molecule is N#Cc1cccc(-c2ccc(NC(=O)C3(c4ccc5c(c4)OCO5)CC3)nc2)c1. The lowest BCUT2D eigenvalue weighted by molar-refractivity contribution is -0.118. The van der Waals surface area contributed by atoms with Crippen LogP contribution in [-0.4, -0.2) is 17.7 Å². The summed E-state index contributed by atoms with van der Waals surface area (Å²) in [4.78, 5) is 17.4. The third-order valence-corrected chi connectivity index (χ3v) is 5.44. The first-order valence-corrected chi connectivity index (χ1v) is 9.36. The second kappa shape index (κ2) is 6.64. The summed E-state index contributed by atoms with van der Waals surface area (Å²) < 4.78 is 10.8. The minimum atomic E-state index is -0.539. The van der Waals surface area contributed by atoms with Gasteiger partial charge in [-0.3, -0.25) is 4.79 Å². The number of nitriles is 1. The molecular formula is C23H17N3O3. The molecule has 6 heteroatoms. The number of anilines is 1. The molecule has 1 saturated carbocycles. The van der Waals surface area contributed by atoms with Crippen molar-refractivity contribution in [3.8, 4) is 28.7 Å². The molecule has 29 heavy (non-hydrogen) atoms. The van der Waals surface area contributed by atoms with Crippen molar-refractivity contribution in [2.45, 2.75) is 18.3 Å². The largest absolute Gasteiger partial charge is 0.454 e. The van der Waals surface area contributed by atoms with Gasteiger partial charge in [-0.05, 0) is 60.4 Å². The van der Waals surface area contributed by atoms with Crippen molar-refractivity contribution < 1.29 is 14.3 Å². The van der Waals surface area contributed by atoms with Crippen LogP contribution in [0.4, 0.5) is 5.82 Å². The highest BCUT2D eigenvalue weighted by atomic mass is 16.7. The van der Waals surface area contributed by atoms with Crippen LogP contribution in [0.2, 0.25) is 0 Å². The average Bonchev–Trinajstić information content (AvgIpc) is 3.45. The van der Waals surface area contributed by atoms with Crippen LogP contribution in [0, 0.1) is 11.3 Å². The summed E-state index contributed by atoms with van der Waals surface area (Å²) in [6, 6.07) is 18.8. The second-order valence-corrected chi connectivity index (χ2v) is 7.23. The third kappa shape index (κ3) is 3.07. The van der Waals surface area contributed by atoms with Gasteiger partial charge in [0.2, 0.25) is 12.7 Å². The molecule has 3 aromatic rings. The van der Waals surface area contributed by atoms with E-state index in [2.05, 4.69) is 16.4 Å². The van der Waals surface area contributed by atoms with E-state index in [1.807, 2.05) is 42.5 Å². The zero-order valence-electron chi connectivity index (χ0n) is 15.5. The van der Waals surface area contributed by atoms with Crippen LogP contribution in [-0.2, 0) is 10.2 Å². The van der Waals surface area contributed by atoms with Crippen molar-refractivity contribution in [2.75, 3.05) is 12.1 Å². The van der Waals surface area contributed by atoms with E-state index in [-0.39, 0.29) is 12.7 Å². The van der Waals surface area contributed by atoms with E-state index in [1.165, 1.54) is 0 Å². The number of aromatic nitrogens is 1. The van der Waals surface area contributed by atoms with Crippen molar-refractivity contribution in [1.82, 2.24) is 4.98 Å². The number of carbonyl (C=O) groups excluding carboxylic acids is 1. The summed E-state index contributed by atoms with van der Waals surface area (Å²) >= 11 is 0. The molecular weight excluding hydrogens is 366 g/mol. The zero-order valence-corrected chi connectivity index (χ0v) is 15.5. The van der Waals surface area contributed by atoms with E-state index in [4.69, 9.17) is 14.7 Å². The predicted octanol–water partition coefficient (Wildman–Crippen LogP) is 4.02. The molecule has 1 aromatic heterocycles. The highest BCUT2D eigenvalue weighted by Gasteiger charge is 2.51. The fraction of sp³-hybridized carbons (Fsp3) is 0.174. The van der Waals surface area contributed by atoms with Gasteiger partial charge in [0.05, 0.1) is 17.0 Å². The van der Waals surface area contributed by atoms with Gasteiger partial charge < -0.3 is 14.8 Å². The Hall–Kier alpha value is -3.85. The first-order valence-electron chi connectivity index (χ1n) is 9.36. The van der Waals surface area contributed by atoms with Crippen LogP contribution in [0.15, 0.2) is 60.8 Å². The lowest BCUT2D eigenvalue weighted by Gasteiger charge is -2.16. The lowest BCUT2D eigenvalue weighted by Crippen LogP contribution is -2.28. The standard InChI is InChI=1S/C23H17N3O3/c24-12-15-2-1-3-16(10-15)17-4-7-21(25-13-17)26-22(27)23(8-9-23)18-5-6-19-20(11-18)29-14-28-19/h1-7,10-11,13H,8-9,14H2,(H,25,26,27). The first kappa shape index (κ1) is 17.3. The van der Waals surface area contributed by atoms with Gasteiger partial charge in [-0.1, -0.05) is 18.2 Å². The second-order valence-electron chi connectivity index (χ2n) is 7.23. The number of nitrogens with one attached hydrogen (secondary N) is 1. The third-order valence-electron chi connectivity index (χ3n) is 5.44. The van der Waals surface area contributed by atoms with Gasteiger partial charge in [0.25, 0.3) is 0 Å². The number of benzene rings is 2. The lowest BCUT2D eigenvalue weighted by atomic mass is 9.94. The maximum atomic E-state index is 13.0. The summed E-state index contributed by atoms with van der Waals surface area (Å²) in [6.07, 6.45) is 3.28. The summed E-state index contributed by atoms with van der Waals surface area (Å²) in [7, 11) is 0. The summed E-state index contributed by atoms with van der Waals surface area (Å²) in [5, 5.41) is 12.0. The number of nitrogens with zero attached hydrogens (tertiary/aromatic N) is 2. The van der Waals surface area contributed by atoms with Gasteiger partial charge in [0, 0.05) is 11.8 Å². The molecule has 6 nitrogen and oxygen atoms in total. The molecule has 1 fully saturated rings. The molecule has 2 aromatic carbocycles. The Kier molecular flexibility index (Phi) is 3.95. The minimum absolute atomic E-state index is 0.0666. The summed E-state index contributed by atoms with van der Waals surface area (Å²) in [5.41, 5.74) is 2.79. The van der Waals surface area contributed by atoms with E-state index in [0.29, 0.717) is 22.9 Å². The van der Waals surface area contributed by atoms with E-state index < -0.39 is 5.41 Å². The maximum Gasteiger partial charge on any atom is 0.236 e. The van der Waals surface area contributed by atoms with Gasteiger partial charge in [-0.15, -0.1) is 0 Å². The Labute approximate surface area is 167 Å². The Morgan fingerprint density at radius 3 is 2.66 bits per heavy atom. The molecule has 1 aliphatic heterocycles. The smallest absolute Gasteiger partial charge is 0.236 e. The number of ether oxygens (including phenoxy) is 2. The average molecular weight is 383 g/mol. The van der Waals surface area contributed by atoms with Gasteiger partial charge >= 0.3 is 0 Å². The number of carbonyl (C=O) groups is 1. The Bertz CT molecular complexity index is 1140. The van der Waals surface area contributed by atoms with Crippen molar-refractivity contribution in [3.63, 3.8) is 0 Å². The van der Waals surface area contributed by atoms with Crippen molar-refractivity contribution in [2.24, 2.45) is 0 Å². The highest BCUT2D eigenvalue weighted by molar-refractivity contribution is 6.01. The topological polar surface area (TPSA) is 84.2 Å². The first-order chi connectivity index (χ1) is 14.2. The molecule has 0 bridgehead atoms. The van der Waals surface area contributed by atoms with Crippen LogP contribution in [0.1, 0.15) is 24.0 Å². The molecule has 2 aliphatic rings. The predicted molar refractivity (Wildman–Crippen MR) is 106 cm³/mol. The molecule has 1 aliphatic carbocycles. The Balaban J connectivity index is 1.34. The van der Waals surface area contributed by atoms with E-state index in [1.54, 1.807) is 18.3 Å². The fourth-order valence-corrected chi connectivity index (χ4v) is 3.61. The van der Waals surface area contributed by atoms with Crippen LogP contribution in [0.25, 0.3) is 11.1 Å². The molecule has 1 N–H and O–H groups in total. The van der Waals surface area contributed by atoms with Crippen LogP contribution in [0.5, 0.6) is 11.5 Å². The molecule has 0 saturated heterocycles. The fourth-order valence-electron chi connectivity index (χ4n) is 3.61. The minimum Gasteiger partial charge on any atom is -0.454 e. The zero-order chi connectivity index (χ0) is 19.8. The van der Waals surface area contributed by atoms with Gasteiger partial charge in [-0.25, -0.2) is 4.98 Å². The molecule has 0 unspecified atom stereocenters. The molecule has 142 valence electrons. The van der Waals surface area contributed by atoms with Gasteiger partial charge in [0.1, 0.15) is 5.82 Å².